The molecule has 0 aromatic heterocycles. The highest BCUT2D eigenvalue weighted by atomic mass is 16.4. The fourth-order valence-corrected chi connectivity index (χ4v) is 3.48. The molecule has 2 rings (SSSR count). The van der Waals surface area contributed by atoms with Crippen LogP contribution in [0.2, 0.25) is 0 Å². The predicted molar refractivity (Wildman–Crippen MR) is 73.1 cm³/mol. The molecule has 2 aliphatic heterocycles. The average Bonchev–Trinajstić information content (AvgIpc) is 2.33. The lowest BCUT2D eigenvalue weighted by Gasteiger charge is -2.47. The normalized spacial score (nSPS) is 23.4. The second kappa shape index (κ2) is 5.67. The maximum absolute atomic E-state index is 10.9. The summed E-state index contributed by atoms with van der Waals surface area (Å²) in [6, 6.07) is 0. The number of rotatable bonds is 4. The third-order valence-corrected chi connectivity index (χ3v) is 4.79. The standard InChI is InChI=1S/C14H26N2O3/c1-14(2,10-15-7-11(8-15)9-17)12-3-5-16(6-4-12)13(18)19/h11-12,17H,3-10H2,1-2H3,(H,18,19). The van der Waals surface area contributed by atoms with E-state index in [1.807, 2.05) is 0 Å². The zero-order chi connectivity index (χ0) is 14.0. The van der Waals surface area contributed by atoms with Crippen molar-refractivity contribution in [1.29, 1.82) is 0 Å². The van der Waals surface area contributed by atoms with E-state index in [2.05, 4.69) is 18.7 Å². The maximum Gasteiger partial charge on any atom is 0.407 e. The molecular weight excluding hydrogens is 244 g/mol. The third kappa shape index (κ3) is 3.39. The number of hydrogen-bond donors (Lipinski definition) is 2. The first kappa shape index (κ1) is 14.6. The first-order chi connectivity index (χ1) is 8.92. The van der Waals surface area contributed by atoms with Crippen molar-refractivity contribution in [3.8, 4) is 0 Å². The quantitative estimate of drug-likeness (QED) is 0.809. The highest BCUT2D eigenvalue weighted by Gasteiger charge is 2.37. The fraction of sp³-hybridized carbons (Fsp3) is 0.929. The second-order valence-corrected chi connectivity index (χ2v) is 6.78. The van der Waals surface area contributed by atoms with Crippen molar-refractivity contribution in [3.63, 3.8) is 0 Å². The van der Waals surface area contributed by atoms with E-state index in [1.165, 1.54) is 4.90 Å². The van der Waals surface area contributed by atoms with Gasteiger partial charge in [-0.2, -0.15) is 0 Å². The third-order valence-electron chi connectivity index (χ3n) is 4.79. The second-order valence-electron chi connectivity index (χ2n) is 6.78. The molecule has 2 heterocycles. The van der Waals surface area contributed by atoms with Crippen LogP contribution >= 0.6 is 0 Å². The van der Waals surface area contributed by atoms with Crippen molar-refractivity contribution < 1.29 is 15.0 Å². The molecule has 5 nitrogen and oxygen atoms in total. The Morgan fingerprint density at radius 1 is 1.26 bits per heavy atom. The minimum absolute atomic E-state index is 0.227. The zero-order valence-corrected chi connectivity index (χ0v) is 12.0. The molecule has 0 aliphatic carbocycles. The van der Waals surface area contributed by atoms with Crippen LogP contribution in [0.4, 0.5) is 4.79 Å². The van der Waals surface area contributed by atoms with Crippen LogP contribution in [0.1, 0.15) is 26.7 Å². The number of carbonyl (C=O) groups is 1. The van der Waals surface area contributed by atoms with Gasteiger partial charge in [0.15, 0.2) is 0 Å². The summed E-state index contributed by atoms with van der Waals surface area (Å²) in [4.78, 5) is 14.8. The molecule has 2 fully saturated rings. The van der Waals surface area contributed by atoms with Gasteiger partial charge in [0, 0.05) is 45.2 Å². The minimum Gasteiger partial charge on any atom is -0.465 e. The van der Waals surface area contributed by atoms with Crippen molar-refractivity contribution in [2.24, 2.45) is 17.3 Å². The van der Waals surface area contributed by atoms with Crippen LogP contribution in [0.15, 0.2) is 0 Å². The Morgan fingerprint density at radius 3 is 2.32 bits per heavy atom. The molecule has 2 N–H and O–H groups in total. The van der Waals surface area contributed by atoms with Crippen LogP contribution in [0.3, 0.4) is 0 Å². The van der Waals surface area contributed by atoms with Gasteiger partial charge in [0.05, 0.1) is 0 Å². The molecule has 0 radical (unpaired) electrons. The molecule has 2 aliphatic rings. The predicted octanol–water partition coefficient (Wildman–Crippen LogP) is 1.33. The molecule has 19 heavy (non-hydrogen) atoms. The molecule has 0 bridgehead atoms. The van der Waals surface area contributed by atoms with Crippen molar-refractivity contribution in [3.05, 3.63) is 0 Å². The number of aliphatic hydroxyl groups excluding tert-OH is 1. The van der Waals surface area contributed by atoms with Crippen molar-refractivity contribution in [2.45, 2.75) is 26.7 Å². The van der Waals surface area contributed by atoms with E-state index >= 15 is 0 Å². The number of amides is 1. The largest absolute Gasteiger partial charge is 0.465 e. The number of piperidine rings is 1. The van der Waals surface area contributed by atoms with Gasteiger partial charge in [-0.05, 0) is 24.2 Å². The summed E-state index contributed by atoms with van der Waals surface area (Å²) in [5, 5.41) is 18.0. The Bertz CT molecular complexity index is 319. The van der Waals surface area contributed by atoms with E-state index in [1.54, 1.807) is 0 Å². The number of carboxylic acid groups (broad SMARTS) is 1. The first-order valence-corrected chi connectivity index (χ1v) is 7.23. The van der Waals surface area contributed by atoms with Gasteiger partial charge in [0.2, 0.25) is 0 Å². The Balaban J connectivity index is 1.79. The highest BCUT2D eigenvalue weighted by molar-refractivity contribution is 5.64. The molecule has 2 saturated heterocycles. The van der Waals surface area contributed by atoms with E-state index in [9.17, 15) is 4.79 Å². The van der Waals surface area contributed by atoms with Crippen LogP contribution in [-0.2, 0) is 0 Å². The number of likely N-dealkylation sites (tertiary alicyclic amines) is 2. The van der Waals surface area contributed by atoms with E-state index in [4.69, 9.17) is 10.2 Å². The van der Waals surface area contributed by atoms with Gasteiger partial charge in [-0.25, -0.2) is 4.79 Å². The molecule has 0 aromatic carbocycles. The summed E-state index contributed by atoms with van der Waals surface area (Å²) < 4.78 is 0. The fourth-order valence-electron chi connectivity index (χ4n) is 3.48. The monoisotopic (exact) mass is 270 g/mol. The maximum atomic E-state index is 10.9. The lowest BCUT2D eigenvalue weighted by atomic mass is 9.72. The lowest BCUT2D eigenvalue weighted by Crippen LogP contribution is -2.53. The molecule has 5 heteroatoms. The molecule has 0 saturated carbocycles. The Kier molecular flexibility index (Phi) is 4.36. The van der Waals surface area contributed by atoms with Crippen molar-refractivity contribution >= 4 is 6.09 Å². The topological polar surface area (TPSA) is 64.0 Å². The Hall–Kier alpha value is -0.810. The Labute approximate surface area is 115 Å². The smallest absolute Gasteiger partial charge is 0.407 e. The van der Waals surface area contributed by atoms with Crippen LogP contribution in [-0.4, -0.2) is 65.4 Å². The summed E-state index contributed by atoms with van der Waals surface area (Å²) in [6.07, 6.45) is 1.15. The molecule has 110 valence electrons. The van der Waals surface area contributed by atoms with Gasteiger partial charge in [-0.15, -0.1) is 0 Å². The van der Waals surface area contributed by atoms with Crippen LogP contribution < -0.4 is 0 Å². The first-order valence-electron chi connectivity index (χ1n) is 7.23. The minimum atomic E-state index is -0.787. The molecule has 0 aromatic rings. The van der Waals surface area contributed by atoms with Gasteiger partial charge in [-0.1, -0.05) is 13.8 Å². The molecule has 1 amide bonds. The number of aliphatic hydroxyl groups is 1. The van der Waals surface area contributed by atoms with Gasteiger partial charge >= 0.3 is 6.09 Å². The SMILES string of the molecule is CC(C)(CN1CC(CO)C1)C1CCN(C(=O)O)CC1. The van der Waals surface area contributed by atoms with Crippen LogP contribution in [0.25, 0.3) is 0 Å². The van der Waals surface area contributed by atoms with Crippen molar-refractivity contribution in [2.75, 3.05) is 39.3 Å². The van der Waals surface area contributed by atoms with Crippen molar-refractivity contribution in [1.82, 2.24) is 9.80 Å². The zero-order valence-electron chi connectivity index (χ0n) is 12.0. The Morgan fingerprint density at radius 2 is 1.84 bits per heavy atom. The molecule has 0 atom stereocenters. The van der Waals surface area contributed by atoms with Gasteiger partial charge < -0.3 is 20.0 Å². The lowest BCUT2D eigenvalue weighted by molar-refractivity contribution is -0.00141. The summed E-state index contributed by atoms with van der Waals surface area (Å²) in [5.74, 6) is 1.06. The van der Waals surface area contributed by atoms with Gasteiger partial charge in [-0.3, -0.25) is 0 Å². The van der Waals surface area contributed by atoms with Gasteiger partial charge in [0.1, 0.15) is 0 Å². The molecular formula is C14H26N2O3. The van der Waals surface area contributed by atoms with E-state index in [0.29, 0.717) is 31.5 Å². The summed E-state index contributed by atoms with van der Waals surface area (Å²) in [6.45, 7) is 9.29. The van der Waals surface area contributed by atoms with Crippen LogP contribution in [0, 0.1) is 17.3 Å². The molecule has 0 spiro atoms. The number of hydrogen-bond acceptors (Lipinski definition) is 3. The van der Waals surface area contributed by atoms with Crippen LogP contribution in [0.5, 0.6) is 0 Å². The average molecular weight is 270 g/mol. The summed E-state index contributed by atoms with van der Waals surface area (Å²) >= 11 is 0. The van der Waals surface area contributed by atoms with Gasteiger partial charge in [0.25, 0.3) is 0 Å². The highest BCUT2D eigenvalue weighted by Crippen LogP contribution is 2.37. The number of nitrogens with zero attached hydrogens (tertiary/aromatic N) is 2. The molecule has 0 unspecified atom stereocenters. The van der Waals surface area contributed by atoms with E-state index in [0.717, 1.165) is 32.5 Å². The summed E-state index contributed by atoms with van der Waals surface area (Å²) in [7, 11) is 0. The van der Waals surface area contributed by atoms with E-state index in [-0.39, 0.29) is 5.41 Å². The summed E-state index contributed by atoms with van der Waals surface area (Å²) in [5.41, 5.74) is 0.227. The van der Waals surface area contributed by atoms with E-state index < -0.39 is 6.09 Å².